The maximum Gasteiger partial charge on any atom is 0.187 e. The molecule has 20 heavy (non-hydrogen) atoms. The molecule has 1 N–H and O–H groups in total. The van der Waals surface area contributed by atoms with Crippen LogP contribution in [0.1, 0.15) is 5.56 Å². The summed E-state index contributed by atoms with van der Waals surface area (Å²) in [7, 11) is 0. The minimum absolute atomic E-state index is 0.722. The molecule has 0 atom stereocenters. The number of aryl methyl sites for hydroxylation is 1. The van der Waals surface area contributed by atoms with E-state index in [1.165, 1.54) is 5.56 Å². The maximum absolute atomic E-state index is 6.20. The van der Waals surface area contributed by atoms with Crippen molar-refractivity contribution in [2.24, 2.45) is 0 Å². The second-order valence-electron chi connectivity index (χ2n) is 4.46. The number of hydrogen-bond donors (Lipinski definition) is 1. The number of aromatic nitrogens is 1. The van der Waals surface area contributed by atoms with Gasteiger partial charge in [0.05, 0.1) is 5.69 Å². The number of hydrogen-bond acceptors (Lipinski definition) is 3. The van der Waals surface area contributed by atoms with Gasteiger partial charge in [0, 0.05) is 21.7 Å². The summed E-state index contributed by atoms with van der Waals surface area (Å²) in [6, 6.07) is 15.9. The Morgan fingerprint density at radius 1 is 1.05 bits per heavy atom. The molecule has 4 heteroatoms. The molecule has 0 spiro atoms. The zero-order valence-electron chi connectivity index (χ0n) is 10.9. The van der Waals surface area contributed by atoms with E-state index in [9.17, 15) is 0 Å². The van der Waals surface area contributed by atoms with Gasteiger partial charge >= 0.3 is 0 Å². The number of para-hydroxylation sites is 1. The van der Waals surface area contributed by atoms with Gasteiger partial charge in [-0.05, 0) is 24.6 Å². The van der Waals surface area contributed by atoms with Crippen LogP contribution in [0.15, 0.2) is 53.9 Å². The fourth-order valence-electron chi connectivity index (χ4n) is 1.95. The van der Waals surface area contributed by atoms with Crippen molar-refractivity contribution in [3.63, 3.8) is 0 Å². The molecule has 3 rings (SSSR count). The molecule has 2 nitrogen and oxygen atoms in total. The molecule has 0 amide bonds. The molecular formula is C16H13ClN2S. The van der Waals surface area contributed by atoms with Crippen molar-refractivity contribution in [2.45, 2.75) is 6.92 Å². The van der Waals surface area contributed by atoms with Crippen LogP contribution in [0.5, 0.6) is 0 Å². The van der Waals surface area contributed by atoms with Gasteiger partial charge in [0.2, 0.25) is 0 Å². The Morgan fingerprint density at radius 2 is 1.80 bits per heavy atom. The summed E-state index contributed by atoms with van der Waals surface area (Å²) in [5.41, 5.74) is 4.13. The summed E-state index contributed by atoms with van der Waals surface area (Å²) in [5.74, 6) is 0. The van der Waals surface area contributed by atoms with Crippen molar-refractivity contribution >= 4 is 33.8 Å². The molecule has 0 aliphatic heterocycles. The largest absolute Gasteiger partial charge is 0.331 e. The molecule has 0 saturated carbocycles. The van der Waals surface area contributed by atoms with Crippen LogP contribution in [0, 0.1) is 6.92 Å². The molecule has 1 heterocycles. The smallest absolute Gasteiger partial charge is 0.187 e. The molecule has 3 aromatic rings. The van der Waals surface area contributed by atoms with E-state index in [1.807, 2.05) is 47.8 Å². The van der Waals surface area contributed by atoms with E-state index in [1.54, 1.807) is 11.3 Å². The van der Waals surface area contributed by atoms with Crippen molar-refractivity contribution in [2.75, 3.05) is 5.32 Å². The standard InChI is InChI=1S/C16H13ClN2S/c1-11-6-2-5-9-14(11)18-16-19-15(10-20-16)12-7-3-4-8-13(12)17/h2-10H,1H3,(H,18,19). The normalized spacial score (nSPS) is 10.5. The van der Waals surface area contributed by atoms with E-state index in [0.29, 0.717) is 0 Å². The Hall–Kier alpha value is -1.84. The summed E-state index contributed by atoms with van der Waals surface area (Å²) >= 11 is 7.77. The van der Waals surface area contributed by atoms with Gasteiger partial charge in [0.1, 0.15) is 0 Å². The van der Waals surface area contributed by atoms with Gasteiger partial charge in [-0.15, -0.1) is 11.3 Å². The zero-order chi connectivity index (χ0) is 13.9. The number of halogens is 1. The Balaban J connectivity index is 1.88. The van der Waals surface area contributed by atoms with Crippen LogP contribution in [-0.4, -0.2) is 4.98 Å². The van der Waals surface area contributed by atoms with E-state index in [2.05, 4.69) is 23.3 Å². The third-order valence-electron chi connectivity index (χ3n) is 3.04. The molecule has 0 bridgehead atoms. The summed E-state index contributed by atoms with van der Waals surface area (Å²) in [4.78, 5) is 4.60. The van der Waals surface area contributed by atoms with Gasteiger partial charge in [-0.3, -0.25) is 0 Å². The maximum atomic E-state index is 6.20. The van der Waals surface area contributed by atoms with Crippen molar-refractivity contribution < 1.29 is 0 Å². The summed E-state index contributed by atoms with van der Waals surface area (Å²) in [5, 5.41) is 6.95. The van der Waals surface area contributed by atoms with Gasteiger partial charge < -0.3 is 5.32 Å². The van der Waals surface area contributed by atoms with Gasteiger partial charge in [0.15, 0.2) is 5.13 Å². The molecule has 0 unspecified atom stereocenters. The SMILES string of the molecule is Cc1ccccc1Nc1nc(-c2ccccc2Cl)cs1. The van der Waals surface area contributed by atoms with E-state index >= 15 is 0 Å². The van der Waals surface area contributed by atoms with Gasteiger partial charge in [-0.1, -0.05) is 48.0 Å². The highest BCUT2D eigenvalue weighted by atomic mass is 35.5. The minimum Gasteiger partial charge on any atom is -0.331 e. The van der Waals surface area contributed by atoms with Gasteiger partial charge in [0.25, 0.3) is 0 Å². The minimum atomic E-state index is 0.722. The molecule has 0 saturated heterocycles. The Bertz CT molecular complexity index is 737. The monoisotopic (exact) mass is 300 g/mol. The van der Waals surface area contributed by atoms with Gasteiger partial charge in [-0.2, -0.15) is 0 Å². The second kappa shape index (κ2) is 5.65. The molecule has 0 fully saturated rings. The Kier molecular flexibility index (Phi) is 3.72. The van der Waals surface area contributed by atoms with Crippen molar-refractivity contribution in [1.82, 2.24) is 4.98 Å². The zero-order valence-corrected chi connectivity index (χ0v) is 12.5. The van der Waals surface area contributed by atoms with E-state index in [-0.39, 0.29) is 0 Å². The quantitative estimate of drug-likeness (QED) is 0.689. The van der Waals surface area contributed by atoms with Crippen LogP contribution in [0.3, 0.4) is 0 Å². The van der Waals surface area contributed by atoms with Crippen molar-refractivity contribution in [3.8, 4) is 11.3 Å². The summed E-state index contributed by atoms with van der Waals surface area (Å²) in [6.45, 7) is 2.07. The van der Waals surface area contributed by atoms with Crippen LogP contribution in [-0.2, 0) is 0 Å². The number of nitrogens with one attached hydrogen (secondary N) is 1. The third kappa shape index (κ3) is 2.69. The third-order valence-corrected chi connectivity index (χ3v) is 4.13. The van der Waals surface area contributed by atoms with Crippen LogP contribution in [0.2, 0.25) is 5.02 Å². The van der Waals surface area contributed by atoms with Crippen LogP contribution in [0.25, 0.3) is 11.3 Å². The average molecular weight is 301 g/mol. The van der Waals surface area contributed by atoms with Gasteiger partial charge in [-0.25, -0.2) is 4.98 Å². The molecule has 100 valence electrons. The van der Waals surface area contributed by atoms with Crippen molar-refractivity contribution in [3.05, 3.63) is 64.5 Å². The highest BCUT2D eigenvalue weighted by molar-refractivity contribution is 7.14. The van der Waals surface area contributed by atoms with E-state index in [0.717, 1.165) is 27.1 Å². The topological polar surface area (TPSA) is 24.9 Å². The molecule has 0 aliphatic rings. The first kappa shape index (κ1) is 13.2. The first-order valence-electron chi connectivity index (χ1n) is 6.27. The summed E-state index contributed by atoms with van der Waals surface area (Å²) < 4.78 is 0. The second-order valence-corrected chi connectivity index (χ2v) is 5.72. The first-order valence-corrected chi connectivity index (χ1v) is 7.53. The predicted molar refractivity (Wildman–Crippen MR) is 87.0 cm³/mol. The number of benzene rings is 2. The van der Waals surface area contributed by atoms with Crippen LogP contribution in [0.4, 0.5) is 10.8 Å². The number of anilines is 2. The fraction of sp³-hybridized carbons (Fsp3) is 0.0625. The Morgan fingerprint density at radius 3 is 2.60 bits per heavy atom. The number of rotatable bonds is 3. The van der Waals surface area contributed by atoms with Crippen molar-refractivity contribution in [1.29, 1.82) is 0 Å². The lowest BCUT2D eigenvalue weighted by Gasteiger charge is -2.05. The average Bonchev–Trinajstić information content (AvgIpc) is 2.90. The summed E-state index contributed by atoms with van der Waals surface area (Å²) in [6.07, 6.45) is 0. The van der Waals surface area contributed by atoms with E-state index < -0.39 is 0 Å². The highest BCUT2D eigenvalue weighted by Crippen LogP contribution is 2.31. The predicted octanol–water partition coefficient (Wildman–Crippen LogP) is 5.52. The molecule has 0 radical (unpaired) electrons. The molecule has 0 aliphatic carbocycles. The van der Waals surface area contributed by atoms with Crippen LogP contribution < -0.4 is 5.32 Å². The lowest BCUT2D eigenvalue weighted by Crippen LogP contribution is -1.92. The number of nitrogens with zero attached hydrogens (tertiary/aromatic N) is 1. The Labute approximate surface area is 127 Å². The molecular weight excluding hydrogens is 288 g/mol. The lowest BCUT2D eigenvalue weighted by atomic mass is 10.2. The first-order chi connectivity index (χ1) is 9.74. The highest BCUT2D eigenvalue weighted by Gasteiger charge is 2.08. The lowest BCUT2D eigenvalue weighted by molar-refractivity contribution is 1.36. The number of thiazole rings is 1. The van der Waals surface area contributed by atoms with E-state index in [4.69, 9.17) is 11.6 Å². The molecule has 1 aromatic heterocycles. The fourth-order valence-corrected chi connectivity index (χ4v) is 2.91. The molecule has 2 aromatic carbocycles. The van der Waals surface area contributed by atoms with Crippen LogP contribution >= 0.6 is 22.9 Å².